The van der Waals surface area contributed by atoms with Crippen LogP contribution in [0.5, 0.6) is 0 Å². The zero-order valence-corrected chi connectivity index (χ0v) is 13.1. The molecular weight excluding hydrogens is 314 g/mol. The summed E-state index contributed by atoms with van der Waals surface area (Å²) in [6, 6.07) is 6.99. The van der Waals surface area contributed by atoms with Crippen LogP contribution in [0.1, 0.15) is 34.5 Å². The molecule has 0 saturated carbocycles. The summed E-state index contributed by atoms with van der Waals surface area (Å²) in [5, 5.41) is 13.7. The quantitative estimate of drug-likeness (QED) is 0.769. The molecule has 3 aromatic rings. The van der Waals surface area contributed by atoms with Crippen molar-refractivity contribution in [2.75, 3.05) is 6.54 Å². The van der Waals surface area contributed by atoms with Gasteiger partial charge in [0.2, 0.25) is 0 Å². The van der Waals surface area contributed by atoms with Gasteiger partial charge in [0.05, 0.1) is 24.5 Å². The van der Waals surface area contributed by atoms with Crippen molar-refractivity contribution in [3.8, 4) is 0 Å². The minimum atomic E-state index is -1.07. The fourth-order valence-corrected chi connectivity index (χ4v) is 3.58. The minimum absolute atomic E-state index is 0.158. The average molecular weight is 329 g/mol. The number of furan rings is 1. The molecule has 0 aliphatic heterocycles. The predicted molar refractivity (Wildman–Crippen MR) is 85.3 cm³/mol. The zero-order valence-electron chi connectivity index (χ0n) is 12.3. The third-order valence-electron chi connectivity index (χ3n) is 4.30. The summed E-state index contributed by atoms with van der Waals surface area (Å²) in [7, 11) is 0. The summed E-state index contributed by atoms with van der Waals surface area (Å²) in [5.74, 6) is 0.576. The fourth-order valence-electron chi connectivity index (χ4n) is 3.06. The Labute approximate surface area is 136 Å². The maximum atomic E-state index is 12.4. The first-order valence-electron chi connectivity index (χ1n) is 7.45. The van der Waals surface area contributed by atoms with Crippen molar-refractivity contribution in [2.24, 2.45) is 0 Å². The molecule has 7 heteroatoms. The Bertz CT molecular complexity index is 872. The second kappa shape index (κ2) is 5.43. The molecule has 1 aliphatic carbocycles. The van der Waals surface area contributed by atoms with Gasteiger partial charge in [-0.25, -0.2) is 0 Å². The van der Waals surface area contributed by atoms with Crippen molar-refractivity contribution in [3.63, 3.8) is 0 Å². The van der Waals surface area contributed by atoms with E-state index in [2.05, 4.69) is 14.1 Å². The Morgan fingerprint density at radius 2 is 2.22 bits per heavy atom. The molecule has 1 unspecified atom stereocenters. The molecule has 1 atom stereocenters. The number of benzene rings is 1. The first kappa shape index (κ1) is 14.3. The molecule has 118 valence electrons. The number of amides is 1. The van der Waals surface area contributed by atoms with Crippen LogP contribution < -0.4 is 5.32 Å². The molecule has 0 spiro atoms. The molecule has 6 nitrogen and oxygen atoms in total. The van der Waals surface area contributed by atoms with Gasteiger partial charge in [0, 0.05) is 17.5 Å². The molecule has 0 saturated heterocycles. The van der Waals surface area contributed by atoms with Crippen LogP contribution in [-0.4, -0.2) is 26.3 Å². The van der Waals surface area contributed by atoms with Crippen LogP contribution >= 0.6 is 11.7 Å². The van der Waals surface area contributed by atoms with Crippen molar-refractivity contribution in [1.82, 2.24) is 14.1 Å². The molecule has 0 radical (unpaired) electrons. The highest BCUT2D eigenvalue weighted by atomic mass is 32.1. The Balaban J connectivity index is 1.51. The standard InChI is InChI=1S/C16H15N3O3S/c20-15(10-3-4-12-13(8-10)19-23-18-12)17-9-16(21)6-1-2-14-11(16)5-7-22-14/h3-5,7-8,21H,1-2,6,9H2,(H,17,20). The molecule has 1 amide bonds. The first-order valence-corrected chi connectivity index (χ1v) is 8.18. The van der Waals surface area contributed by atoms with Crippen LogP contribution in [0.2, 0.25) is 0 Å². The Morgan fingerprint density at radius 1 is 1.35 bits per heavy atom. The van der Waals surface area contributed by atoms with E-state index in [1.807, 2.05) is 0 Å². The number of nitrogens with zero attached hydrogens (tertiary/aromatic N) is 2. The Morgan fingerprint density at radius 3 is 3.13 bits per heavy atom. The van der Waals surface area contributed by atoms with Gasteiger partial charge in [-0.2, -0.15) is 8.75 Å². The van der Waals surface area contributed by atoms with Crippen molar-refractivity contribution in [2.45, 2.75) is 24.9 Å². The highest BCUT2D eigenvalue weighted by molar-refractivity contribution is 7.00. The van der Waals surface area contributed by atoms with Gasteiger partial charge in [-0.3, -0.25) is 4.79 Å². The number of fused-ring (bicyclic) bond motifs is 2. The number of nitrogens with one attached hydrogen (secondary N) is 1. The largest absolute Gasteiger partial charge is 0.469 e. The number of aryl methyl sites for hydroxylation is 1. The number of hydrogen-bond acceptors (Lipinski definition) is 6. The number of aliphatic hydroxyl groups is 1. The number of carbonyl (C=O) groups excluding carboxylic acids is 1. The van der Waals surface area contributed by atoms with Gasteiger partial charge >= 0.3 is 0 Å². The average Bonchev–Trinajstić information content (AvgIpc) is 3.21. The van der Waals surface area contributed by atoms with Crippen LogP contribution in [0.25, 0.3) is 11.0 Å². The van der Waals surface area contributed by atoms with E-state index in [9.17, 15) is 9.90 Å². The lowest BCUT2D eigenvalue weighted by molar-refractivity contribution is 0.0169. The highest BCUT2D eigenvalue weighted by Gasteiger charge is 2.36. The van der Waals surface area contributed by atoms with Crippen molar-refractivity contribution >= 4 is 28.7 Å². The number of aromatic nitrogens is 2. The Kier molecular flexibility index (Phi) is 3.39. The lowest BCUT2D eigenvalue weighted by Crippen LogP contribution is -2.42. The summed E-state index contributed by atoms with van der Waals surface area (Å²) in [6.45, 7) is 0.158. The van der Waals surface area contributed by atoms with Gasteiger partial charge in [0.25, 0.3) is 5.91 Å². The molecule has 1 aliphatic rings. The molecule has 0 bridgehead atoms. The van der Waals surface area contributed by atoms with E-state index in [0.717, 1.165) is 41.4 Å². The molecule has 1 aromatic carbocycles. The monoisotopic (exact) mass is 329 g/mol. The van der Waals surface area contributed by atoms with Gasteiger partial charge < -0.3 is 14.8 Å². The van der Waals surface area contributed by atoms with Crippen LogP contribution in [-0.2, 0) is 12.0 Å². The van der Waals surface area contributed by atoms with E-state index in [1.165, 1.54) is 0 Å². The summed E-state index contributed by atoms with van der Waals surface area (Å²) in [6.07, 6.45) is 3.86. The topological polar surface area (TPSA) is 88.2 Å². The van der Waals surface area contributed by atoms with Crippen LogP contribution in [0.3, 0.4) is 0 Å². The van der Waals surface area contributed by atoms with Gasteiger partial charge in [-0.1, -0.05) is 0 Å². The minimum Gasteiger partial charge on any atom is -0.469 e. The highest BCUT2D eigenvalue weighted by Crippen LogP contribution is 2.35. The van der Waals surface area contributed by atoms with Crippen molar-refractivity contribution in [3.05, 3.63) is 47.4 Å². The maximum absolute atomic E-state index is 12.4. The summed E-state index contributed by atoms with van der Waals surface area (Å²) < 4.78 is 13.6. The van der Waals surface area contributed by atoms with Gasteiger partial charge in [-0.15, -0.1) is 0 Å². The van der Waals surface area contributed by atoms with E-state index in [4.69, 9.17) is 4.42 Å². The lowest BCUT2D eigenvalue weighted by Gasteiger charge is -2.31. The van der Waals surface area contributed by atoms with Crippen molar-refractivity contribution < 1.29 is 14.3 Å². The molecular formula is C16H15N3O3S. The number of hydrogen-bond donors (Lipinski definition) is 2. The van der Waals surface area contributed by atoms with E-state index >= 15 is 0 Å². The molecule has 2 heterocycles. The van der Waals surface area contributed by atoms with E-state index in [-0.39, 0.29) is 12.5 Å². The van der Waals surface area contributed by atoms with Crippen LogP contribution in [0.15, 0.2) is 34.9 Å². The smallest absolute Gasteiger partial charge is 0.251 e. The number of carbonyl (C=O) groups is 1. The first-order chi connectivity index (χ1) is 11.2. The van der Waals surface area contributed by atoms with Gasteiger partial charge in [0.1, 0.15) is 22.4 Å². The van der Waals surface area contributed by atoms with Crippen LogP contribution in [0.4, 0.5) is 0 Å². The third kappa shape index (κ3) is 2.51. The number of rotatable bonds is 3. The normalized spacial score (nSPS) is 20.4. The summed E-state index contributed by atoms with van der Waals surface area (Å²) >= 11 is 1.12. The van der Waals surface area contributed by atoms with Crippen molar-refractivity contribution in [1.29, 1.82) is 0 Å². The second-order valence-electron chi connectivity index (χ2n) is 5.79. The zero-order chi connectivity index (χ0) is 15.9. The SMILES string of the molecule is O=C(NCC1(O)CCCc2occc21)c1ccc2nsnc2c1. The molecule has 2 aromatic heterocycles. The van der Waals surface area contributed by atoms with E-state index in [0.29, 0.717) is 17.5 Å². The van der Waals surface area contributed by atoms with E-state index in [1.54, 1.807) is 30.5 Å². The van der Waals surface area contributed by atoms with Gasteiger partial charge in [-0.05, 0) is 37.1 Å². The molecule has 23 heavy (non-hydrogen) atoms. The van der Waals surface area contributed by atoms with Crippen LogP contribution in [0, 0.1) is 0 Å². The molecule has 4 rings (SSSR count). The van der Waals surface area contributed by atoms with E-state index < -0.39 is 5.60 Å². The summed E-state index contributed by atoms with van der Waals surface area (Å²) in [4.78, 5) is 12.4. The summed E-state index contributed by atoms with van der Waals surface area (Å²) in [5.41, 5.74) is 1.71. The fraction of sp³-hybridized carbons (Fsp3) is 0.312. The molecule has 2 N–H and O–H groups in total. The maximum Gasteiger partial charge on any atom is 0.251 e. The lowest BCUT2D eigenvalue weighted by atomic mass is 9.83. The molecule has 0 fully saturated rings. The predicted octanol–water partition coefficient (Wildman–Crippen LogP) is 2.24. The Hall–Kier alpha value is -2.25. The van der Waals surface area contributed by atoms with Gasteiger partial charge in [0.15, 0.2) is 0 Å². The second-order valence-corrected chi connectivity index (χ2v) is 6.32. The third-order valence-corrected chi connectivity index (χ3v) is 4.85.